The molecule has 1 rings (SSSR count). The molecule has 0 saturated carbocycles. The fourth-order valence-corrected chi connectivity index (χ4v) is 1.43. The molecule has 84 valence electrons. The first kappa shape index (κ1) is 12.5. The monoisotopic (exact) mass is 284 g/mol. The number of aromatic carboxylic acids is 1. The molecule has 1 aromatic heterocycles. The third-order valence-electron chi connectivity index (χ3n) is 1.78. The van der Waals surface area contributed by atoms with E-state index in [9.17, 15) is 4.79 Å². The van der Waals surface area contributed by atoms with Gasteiger partial charge in [0.15, 0.2) is 0 Å². The highest BCUT2D eigenvalue weighted by molar-refractivity contribution is 9.10. The largest absolute Gasteiger partial charge is 0.478 e. The van der Waals surface area contributed by atoms with Crippen molar-refractivity contribution in [3.05, 3.63) is 22.3 Å². The molecule has 3 N–H and O–H groups in total. The van der Waals surface area contributed by atoms with E-state index in [0.29, 0.717) is 10.3 Å². The predicted octanol–water partition coefficient (Wildman–Crippen LogP) is 0.948. The van der Waals surface area contributed by atoms with Crippen LogP contribution in [0.15, 0.2) is 16.7 Å². The van der Waals surface area contributed by atoms with Gasteiger partial charge >= 0.3 is 5.97 Å². The Morgan fingerprint density at radius 3 is 2.88 bits per heavy atom. The van der Waals surface area contributed by atoms with Crippen LogP contribution in [-0.4, -0.2) is 33.8 Å². The summed E-state index contributed by atoms with van der Waals surface area (Å²) in [7, 11) is 0. The second-order valence-electron chi connectivity index (χ2n) is 2.91. The molecule has 16 heavy (non-hydrogen) atoms. The van der Waals surface area contributed by atoms with Crippen molar-refractivity contribution < 1.29 is 15.0 Å². The average molecular weight is 285 g/mol. The van der Waals surface area contributed by atoms with Crippen LogP contribution in [0.4, 0.5) is 5.82 Å². The minimum absolute atomic E-state index is 0.0682. The Morgan fingerprint density at radius 2 is 2.44 bits per heavy atom. The number of halogens is 1. The van der Waals surface area contributed by atoms with Gasteiger partial charge in [-0.2, -0.15) is 0 Å². The van der Waals surface area contributed by atoms with E-state index < -0.39 is 12.0 Å². The van der Waals surface area contributed by atoms with E-state index in [1.54, 1.807) is 0 Å². The number of hydrogen-bond donors (Lipinski definition) is 3. The molecule has 0 aliphatic carbocycles. The molecule has 5 nitrogen and oxygen atoms in total. The first-order valence-corrected chi connectivity index (χ1v) is 5.10. The van der Waals surface area contributed by atoms with Crippen LogP contribution in [-0.2, 0) is 0 Å². The molecule has 1 aromatic rings. The summed E-state index contributed by atoms with van der Waals surface area (Å²) in [6.45, 7) is -0.231. The lowest BCUT2D eigenvalue weighted by molar-refractivity contribution is 0.0696. The van der Waals surface area contributed by atoms with E-state index in [1.807, 2.05) is 0 Å². The smallest absolute Gasteiger partial charge is 0.337 e. The highest BCUT2D eigenvalue weighted by Gasteiger charge is 2.10. The maximum atomic E-state index is 10.6. The molecular weight excluding hydrogens is 276 g/mol. The van der Waals surface area contributed by atoms with Gasteiger partial charge in [-0.3, -0.25) is 0 Å². The Labute approximate surface area is 101 Å². The van der Waals surface area contributed by atoms with Gasteiger partial charge in [-0.25, -0.2) is 9.78 Å². The number of hydrogen-bond acceptors (Lipinski definition) is 4. The van der Waals surface area contributed by atoms with Crippen LogP contribution in [0.2, 0.25) is 0 Å². The zero-order valence-corrected chi connectivity index (χ0v) is 9.73. The van der Waals surface area contributed by atoms with E-state index in [1.165, 1.54) is 12.3 Å². The molecule has 0 radical (unpaired) electrons. The Bertz CT molecular complexity index is 442. The van der Waals surface area contributed by atoms with Gasteiger partial charge in [0.1, 0.15) is 11.9 Å². The van der Waals surface area contributed by atoms with Crippen molar-refractivity contribution in [2.24, 2.45) is 0 Å². The highest BCUT2D eigenvalue weighted by Crippen LogP contribution is 2.21. The SMILES string of the molecule is C#CC(CO)Nc1ncc(C(=O)O)cc1Br. The van der Waals surface area contributed by atoms with Crippen LogP contribution in [0.5, 0.6) is 0 Å². The molecule has 0 bridgehead atoms. The Hall–Kier alpha value is -1.58. The number of aromatic nitrogens is 1. The summed E-state index contributed by atoms with van der Waals surface area (Å²) in [5, 5.41) is 20.4. The third kappa shape index (κ3) is 2.95. The number of pyridine rings is 1. The molecule has 0 fully saturated rings. The first-order valence-electron chi connectivity index (χ1n) is 4.31. The van der Waals surface area contributed by atoms with Crippen molar-refractivity contribution >= 4 is 27.7 Å². The molecule has 1 unspecified atom stereocenters. The normalized spacial score (nSPS) is 11.6. The third-order valence-corrected chi connectivity index (χ3v) is 2.39. The number of nitrogens with one attached hydrogen (secondary N) is 1. The lowest BCUT2D eigenvalue weighted by Crippen LogP contribution is -2.22. The fourth-order valence-electron chi connectivity index (χ4n) is 0.966. The Morgan fingerprint density at radius 1 is 1.75 bits per heavy atom. The molecule has 1 heterocycles. The molecule has 0 spiro atoms. The molecule has 1 atom stereocenters. The van der Waals surface area contributed by atoms with Gasteiger partial charge < -0.3 is 15.5 Å². The first-order chi connectivity index (χ1) is 7.58. The number of aliphatic hydroxyl groups excluding tert-OH is 1. The van der Waals surface area contributed by atoms with Gasteiger partial charge in [-0.15, -0.1) is 6.42 Å². The van der Waals surface area contributed by atoms with Crippen LogP contribution in [0, 0.1) is 12.3 Å². The van der Waals surface area contributed by atoms with Gasteiger partial charge in [0.25, 0.3) is 0 Å². The molecule has 0 aromatic carbocycles. The lowest BCUT2D eigenvalue weighted by atomic mass is 10.2. The van der Waals surface area contributed by atoms with E-state index in [4.69, 9.17) is 16.6 Å². The molecular formula is C10H9BrN2O3. The lowest BCUT2D eigenvalue weighted by Gasteiger charge is -2.12. The van der Waals surface area contributed by atoms with E-state index in [0.717, 1.165) is 0 Å². The van der Waals surface area contributed by atoms with Crippen LogP contribution in [0.25, 0.3) is 0 Å². The quantitative estimate of drug-likeness (QED) is 0.717. The van der Waals surface area contributed by atoms with E-state index >= 15 is 0 Å². The van der Waals surface area contributed by atoms with Crippen molar-refractivity contribution in [1.29, 1.82) is 0 Å². The summed E-state index contributed by atoms with van der Waals surface area (Å²) in [6.07, 6.45) is 6.36. The van der Waals surface area contributed by atoms with Gasteiger partial charge in [0, 0.05) is 6.20 Å². The van der Waals surface area contributed by atoms with E-state index in [2.05, 4.69) is 32.2 Å². The molecule has 0 aliphatic heterocycles. The summed E-state index contributed by atoms with van der Waals surface area (Å²) in [6, 6.07) is 0.849. The number of aliphatic hydroxyl groups is 1. The standard InChI is InChI=1S/C10H9BrN2O3/c1-2-7(5-14)13-9-8(11)3-6(4-12-9)10(15)16/h1,3-4,7,14H,5H2,(H,12,13)(H,15,16). The number of carbonyl (C=O) groups is 1. The number of anilines is 1. The molecule has 0 amide bonds. The van der Waals surface area contributed by atoms with Crippen LogP contribution >= 0.6 is 15.9 Å². The van der Waals surface area contributed by atoms with Crippen LogP contribution in [0.1, 0.15) is 10.4 Å². The summed E-state index contributed by atoms with van der Waals surface area (Å²) >= 11 is 3.16. The molecule has 0 aliphatic rings. The minimum Gasteiger partial charge on any atom is -0.478 e. The van der Waals surface area contributed by atoms with Crippen LogP contribution in [0.3, 0.4) is 0 Å². The number of carboxylic acids is 1. The maximum absolute atomic E-state index is 10.6. The fraction of sp³-hybridized carbons (Fsp3) is 0.200. The van der Waals surface area contributed by atoms with Crippen molar-refractivity contribution in [1.82, 2.24) is 4.98 Å². The zero-order valence-electron chi connectivity index (χ0n) is 8.14. The Kier molecular flexibility index (Phi) is 4.28. The summed E-state index contributed by atoms with van der Waals surface area (Å²) in [4.78, 5) is 14.5. The van der Waals surface area contributed by atoms with Crippen LogP contribution < -0.4 is 5.32 Å². The summed E-state index contributed by atoms with van der Waals surface area (Å²) in [5.74, 6) is 1.66. The van der Waals surface area contributed by atoms with Gasteiger partial charge in [-0.05, 0) is 22.0 Å². The topological polar surface area (TPSA) is 82.5 Å². The minimum atomic E-state index is -1.06. The molecule has 0 saturated heterocycles. The van der Waals surface area contributed by atoms with E-state index in [-0.39, 0.29) is 12.2 Å². The Balaban J connectivity index is 2.92. The maximum Gasteiger partial charge on any atom is 0.337 e. The predicted molar refractivity (Wildman–Crippen MR) is 62.2 cm³/mol. The van der Waals surface area contributed by atoms with Crippen molar-refractivity contribution in [2.75, 3.05) is 11.9 Å². The number of terminal acetylenes is 1. The number of carboxylic acid groups (broad SMARTS) is 1. The number of nitrogens with zero attached hydrogens (tertiary/aromatic N) is 1. The van der Waals surface area contributed by atoms with Crippen molar-refractivity contribution in [2.45, 2.75) is 6.04 Å². The summed E-state index contributed by atoms with van der Waals surface area (Å²) in [5.41, 5.74) is 0.0682. The zero-order chi connectivity index (χ0) is 12.1. The van der Waals surface area contributed by atoms with Crippen molar-refractivity contribution in [3.8, 4) is 12.3 Å². The summed E-state index contributed by atoms with van der Waals surface area (Å²) < 4.78 is 0.473. The van der Waals surface area contributed by atoms with Gasteiger partial charge in [0.2, 0.25) is 0 Å². The van der Waals surface area contributed by atoms with Crippen molar-refractivity contribution in [3.63, 3.8) is 0 Å². The molecule has 6 heteroatoms. The number of rotatable bonds is 4. The highest BCUT2D eigenvalue weighted by atomic mass is 79.9. The second-order valence-corrected chi connectivity index (χ2v) is 3.76. The second kappa shape index (κ2) is 5.49. The van der Waals surface area contributed by atoms with Gasteiger partial charge in [-0.1, -0.05) is 5.92 Å². The average Bonchev–Trinajstić information content (AvgIpc) is 2.27. The van der Waals surface area contributed by atoms with Gasteiger partial charge in [0.05, 0.1) is 16.6 Å².